The molecule has 0 saturated carbocycles. The third-order valence-electron chi connectivity index (χ3n) is 3.78. The topological polar surface area (TPSA) is 230 Å². The number of Topliss-reactive ketones (excluding diaryl/α,β-unsaturated/α-hetero) is 1. The molecule has 0 spiro atoms. The summed E-state index contributed by atoms with van der Waals surface area (Å²) in [6, 6.07) is -0.884. The smallest absolute Gasteiger partial charge is 0.274 e. The van der Waals surface area contributed by atoms with Crippen LogP contribution in [-0.2, 0) is 4.79 Å². The molecule has 188 valence electrons. The molecule has 0 radical (unpaired) electrons. The third kappa shape index (κ3) is 11.6. The average molecular weight is 469 g/mol. The van der Waals surface area contributed by atoms with Gasteiger partial charge in [-0.1, -0.05) is 27.7 Å². The molecule has 1 rings (SSSR count). The number of carbonyl (C=O) groups excluding carboxylic acids is 3. The molecule has 13 nitrogen and oxygen atoms in total. The van der Waals surface area contributed by atoms with E-state index in [2.05, 4.69) is 30.9 Å². The molecular formula is C20H40N10O3. The van der Waals surface area contributed by atoms with Gasteiger partial charge < -0.3 is 38.9 Å². The van der Waals surface area contributed by atoms with E-state index in [1.54, 1.807) is 7.05 Å². The highest BCUT2D eigenvalue weighted by atomic mass is 16.2. The molecule has 2 amide bonds. The number of aliphatic imine (C=N–C) groups is 1. The molecule has 0 aliphatic rings. The first-order valence-corrected chi connectivity index (χ1v) is 10.9. The number of hydrogen-bond donors (Lipinski definition) is 7. The maximum atomic E-state index is 12.6. The lowest BCUT2D eigenvalue weighted by Gasteiger charge is -2.19. The van der Waals surface area contributed by atoms with E-state index < -0.39 is 23.6 Å². The molecule has 1 aromatic rings. The summed E-state index contributed by atoms with van der Waals surface area (Å²) in [6.45, 7) is 10.2. The molecule has 1 atom stereocenters. The van der Waals surface area contributed by atoms with Gasteiger partial charge in [-0.3, -0.25) is 19.4 Å². The summed E-state index contributed by atoms with van der Waals surface area (Å²) in [5.41, 5.74) is 22.0. The summed E-state index contributed by atoms with van der Waals surface area (Å²) < 4.78 is 0. The first-order chi connectivity index (χ1) is 15.7. The number of nitrogens with one attached hydrogen (secondary N) is 3. The number of nitrogens with two attached hydrogens (primary N) is 4. The quantitative estimate of drug-likeness (QED) is 0.0995. The second kappa shape index (κ2) is 18.1. The molecule has 1 unspecified atom stereocenters. The number of anilines is 2. The summed E-state index contributed by atoms with van der Waals surface area (Å²) in [5, 5.41) is 8.03. The normalized spacial score (nSPS) is 11.1. The summed E-state index contributed by atoms with van der Waals surface area (Å²) >= 11 is 0. The minimum absolute atomic E-state index is 0.127. The average Bonchev–Trinajstić information content (AvgIpc) is 2.82. The van der Waals surface area contributed by atoms with E-state index in [4.69, 9.17) is 22.9 Å². The van der Waals surface area contributed by atoms with E-state index in [-0.39, 0.29) is 42.1 Å². The highest BCUT2D eigenvalue weighted by Gasteiger charge is 2.24. The first kappa shape index (κ1) is 31.7. The van der Waals surface area contributed by atoms with Crippen LogP contribution < -0.4 is 38.9 Å². The predicted octanol–water partition coefficient (Wildman–Crippen LogP) is -0.616. The highest BCUT2D eigenvalue weighted by molar-refractivity contribution is 6.02. The molecule has 0 aliphatic heterocycles. The van der Waals surface area contributed by atoms with Crippen molar-refractivity contribution in [3.05, 3.63) is 11.4 Å². The Hall–Kier alpha value is -3.48. The number of rotatable bonds is 10. The lowest BCUT2D eigenvalue weighted by molar-refractivity contribution is -0.123. The molecule has 11 N–H and O–H groups in total. The van der Waals surface area contributed by atoms with Gasteiger partial charge >= 0.3 is 0 Å². The Labute approximate surface area is 195 Å². The van der Waals surface area contributed by atoms with Gasteiger partial charge in [0.1, 0.15) is 6.04 Å². The van der Waals surface area contributed by atoms with E-state index in [9.17, 15) is 14.4 Å². The largest absolute Gasteiger partial charge is 0.382 e. The van der Waals surface area contributed by atoms with E-state index in [1.807, 2.05) is 27.7 Å². The van der Waals surface area contributed by atoms with Gasteiger partial charge in [0.2, 0.25) is 5.91 Å². The zero-order chi connectivity index (χ0) is 26.0. The van der Waals surface area contributed by atoms with Gasteiger partial charge in [-0.05, 0) is 12.8 Å². The number of nitrogen functional groups attached to an aromatic ring is 2. The molecule has 33 heavy (non-hydrogen) atoms. The van der Waals surface area contributed by atoms with Crippen molar-refractivity contribution in [1.82, 2.24) is 25.9 Å². The van der Waals surface area contributed by atoms with Crippen molar-refractivity contribution in [1.29, 1.82) is 0 Å². The number of ketones is 1. The minimum Gasteiger partial charge on any atom is -0.382 e. The Balaban J connectivity index is 0. The fourth-order valence-corrected chi connectivity index (χ4v) is 2.30. The molecular weight excluding hydrogens is 428 g/mol. The van der Waals surface area contributed by atoms with Crippen LogP contribution in [0, 0.1) is 0 Å². The van der Waals surface area contributed by atoms with Crippen LogP contribution in [0.1, 0.15) is 68.4 Å². The van der Waals surface area contributed by atoms with Crippen LogP contribution in [-0.4, -0.2) is 66.2 Å². The summed E-state index contributed by atoms with van der Waals surface area (Å²) in [5.74, 6) is -1.82. The maximum absolute atomic E-state index is 12.6. The maximum Gasteiger partial charge on any atom is 0.274 e. The van der Waals surface area contributed by atoms with Gasteiger partial charge in [-0.25, -0.2) is 9.97 Å². The zero-order valence-corrected chi connectivity index (χ0v) is 20.5. The SMILES string of the molecule is CC.CC.CN=C(N)NCCCC(NC(=O)c1nc(N)c(C(C)=O)nc1N)C(=O)NCCN. The van der Waals surface area contributed by atoms with Crippen LogP contribution in [0.4, 0.5) is 11.6 Å². The first-order valence-electron chi connectivity index (χ1n) is 10.9. The van der Waals surface area contributed by atoms with Crippen LogP contribution in [0.5, 0.6) is 0 Å². The molecule has 0 aliphatic carbocycles. The van der Waals surface area contributed by atoms with Crippen molar-refractivity contribution in [2.24, 2.45) is 16.5 Å². The fourth-order valence-electron chi connectivity index (χ4n) is 2.30. The van der Waals surface area contributed by atoms with Gasteiger partial charge in [-0.15, -0.1) is 0 Å². The number of nitrogens with zero attached hydrogens (tertiary/aromatic N) is 3. The molecule has 0 fully saturated rings. The highest BCUT2D eigenvalue weighted by Crippen LogP contribution is 2.14. The summed E-state index contributed by atoms with van der Waals surface area (Å²) in [4.78, 5) is 47.8. The molecule has 1 heterocycles. The monoisotopic (exact) mass is 468 g/mol. The Morgan fingerprint density at radius 1 is 0.970 bits per heavy atom. The molecule has 1 aromatic heterocycles. The van der Waals surface area contributed by atoms with Crippen LogP contribution in [0.2, 0.25) is 0 Å². The van der Waals surface area contributed by atoms with E-state index in [0.29, 0.717) is 19.4 Å². The predicted molar refractivity (Wildman–Crippen MR) is 132 cm³/mol. The number of carbonyl (C=O) groups is 3. The van der Waals surface area contributed by atoms with Crippen LogP contribution in [0.3, 0.4) is 0 Å². The lowest BCUT2D eigenvalue weighted by atomic mass is 10.1. The standard InChI is InChI=1S/C16H28N10O3.2C2H6/c1-8(27)10-12(18)26-11(13(19)25-10)15(29)24-9(14(28)22-7-5-17)4-3-6-23-16(20)21-2;2*1-2/h9H,3-7,17H2,1-2H3,(H2,18,26)(H2,19,25)(H,22,28)(H,24,29)(H3,20,21,23);2*1-2H3. The van der Waals surface area contributed by atoms with Crippen molar-refractivity contribution in [3.63, 3.8) is 0 Å². The van der Waals surface area contributed by atoms with Crippen molar-refractivity contribution in [2.75, 3.05) is 38.1 Å². The Morgan fingerprint density at radius 3 is 2.03 bits per heavy atom. The molecule has 0 saturated heterocycles. The third-order valence-corrected chi connectivity index (χ3v) is 3.78. The summed E-state index contributed by atoms with van der Waals surface area (Å²) in [7, 11) is 1.54. The summed E-state index contributed by atoms with van der Waals surface area (Å²) in [6.07, 6.45) is 0.796. The van der Waals surface area contributed by atoms with E-state index in [1.165, 1.54) is 6.92 Å². The fraction of sp³-hybridized carbons (Fsp3) is 0.600. The van der Waals surface area contributed by atoms with Gasteiger partial charge in [0.05, 0.1) is 0 Å². The second-order valence-electron chi connectivity index (χ2n) is 6.03. The van der Waals surface area contributed by atoms with Crippen molar-refractivity contribution in [2.45, 2.75) is 53.5 Å². The Bertz CT molecular complexity index is 784. The number of amides is 2. The van der Waals surface area contributed by atoms with Crippen LogP contribution >= 0.6 is 0 Å². The number of guanidine groups is 1. The van der Waals surface area contributed by atoms with E-state index >= 15 is 0 Å². The Morgan fingerprint density at radius 2 is 1.52 bits per heavy atom. The van der Waals surface area contributed by atoms with Gasteiger partial charge in [-0.2, -0.15) is 0 Å². The zero-order valence-electron chi connectivity index (χ0n) is 20.5. The van der Waals surface area contributed by atoms with Gasteiger partial charge in [0.25, 0.3) is 5.91 Å². The second-order valence-corrected chi connectivity index (χ2v) is 6.03. The van der Waals surface area contributed by atoms with Crippen molar-refractivity contribution >= 4 is 35.2 Å². The van der Waals surface area contributed by atoms with Crippen molar-refractivity contribution < 1.29 is 14.4 Å². The van der Waals surface area contributed by atoms with Gasteiger partial charge in [0.15, 0.2) is 34.8 Å². The minimum atomic E-state index is -0.884. The lowest BCUT2D eigenvalue weighted by Crippen LogP contribution is -2.48. The van der Waals surface area contributed by atoms with Gasteiger partial charge in [0, 0.05) is 33.6 Å². The van der Waals surface area contributed by atoms with Crippen molar-refractivity contribution in [3.8, 4) is 0 Å². The van der Waals surface area contributed by atoms with Crippen LogP contribution in [0.15, 0.2) is 4.99 Å². The van der Waals surface area contributed by atoms with Crippen LogP contribution in [0.25, 0.3) is 0 Å². The molecule has 0 bridgehead atoms. The number of aromatic nitrogens is 2. The Kier molecular flexibility index (Phi) is 17.4. The van der Waals surface area contributed by atoms with E-state index in [0.717, 1.165) is 0 Å². The molecule has 13 heteroatoms. The molecule has 0 aromatic carbocycles. The number of hydrogen-bond acceptors (Lipinski definition) is 9.